The number of aliphatic imine (C=N–C) groups is 1. The van der Waals surface area contributed by atoms with Crippen molar-refractivity contribution in [3.8, 4) is 5.75 Å². The predicted octanol–water partition coefficient (Wildman–Crippen LogP) is 3.38. The van der Waals surface area contributed by atoms with Crippen molar-refractivity contribution in [3.63, 3.8) is 0 Å². The number of guanidine groups is 1. The standard InChI is InChI=1S/C16H27N3O.HI/c1-5-17-16(18-6-2)19-11-12-20-15-9-7-14(8-10-15)13(3)4;/h7-10,13H,5-6,11-12H2,1-4H3,(H2,17,18,19);1H. The van der Waals surface area contributed by atoms with Gasteiger partial charge in [0.05, 0.1) is 6.54 Å². The van der Waals surface area contributed by atoms with Crippen LogP contribution in [0.15, 0.2) is 29.3 Å². The maximum absolute atomic E-state index is 5.68. The van der Waals surface area contributed by atoms with Crippen LogP contribution < -0.4 is 15.4 Å². The van der Waals surface area contributed by atoms with E-state index in [4.69, 9.17) is 4.74 Å². The van der Waals surface area contributed by atoms with E-state index in [0.717, 1.165) is 24.8 Å². The van der Waals surface area contributed by atoms with Gasteiger partial charge in [-0.05, 0) is 37.5 Å². The molecular formula is C16H28IN3O. The van der Waals surface area contributed by atoms with Gasteiger partial charge in [0.15, 0.2) is 5.96 Å². The van der Waals surface area contributed by atoms with E-state index < -0.39 is 0 Å². The fourth-order valence-corrected chi connectivity index (χ4v) is 1.78. The van der Waals surface area contributed by atoms with Crippen molar-refractivity contribution in [1.82, 2.24) is 10.6 Å². The maximum atomic E-state index is 5.68. The Hall–Kier alpha value is -0.980. The summed E-state index contributed by atoms with van der Waals surface area (Å²) >= 11 is 0. The first-order valence-corrected chi connectivity index (χ1v) is 7.42. The van der Waals surface area contributed by atoms with E-state index in [1.807, 2.05) is 12.1 Å². The van der Waals surface area contributed by atoms with Crippen LogP contribution in [0.1, 0.15) is 39.2 Å². The van der Waals surface area contributed by atoms with Crippen LogP contribution in [-0.4, -0.2) is 32.2 Å². The van der Waals surface area contributed by atoms with Crippen LogP contribution in [0.5, 0.6) is 5.75 Å². The van der Waals surface area contributed by atoms with E-state index in [1.165, 1.54) is 5.56 Å². The molecule has 0 radical (unpaired) electrons. The number of nitrogens with zero attached hydrogens (tertiary/aromatic N) is 1. The highest BCUT2D eigenvalue weighted by molar-refractivity contribution is 14.0. The lowest BCUT2D eigenvalue weighted by Crippen LogP contribution is -2.37. The van der Waals surface area contributed by atoms with E-state index >= 15 is 0 Å². The number of hydrogen-bond acceptors (Lipinski definition) is 2. The number of nitrogens with one attached hydrogen (secondary N) is 2. The zero-order valence-electron chi connectivity index (χ0n) is 13.5. The second kappa shape index (κ2) is 11.7. The van der Waals surface area contributed by atoms with E-state index in [1.54, 1.807) is 0 Å². The average Bonchev–Trinajstić information content (AvgIpc) is 2.44. The van der Waals surface area contributed by atoms with Gasteiger partial charge in [-0.3, -0.25) is 0 Å². The Morgan fingerprint density at radius 2 is 1.67 bits per heavy atom. The van der Waals surface area contributed by atoms with Gasteiger partial charge in [0.1, 0.15) is 12.4 Å². The molecule has 0 heterocycles. The summed E-state index contributed by atoms with van der Waals surface area (Å²) in [4.78, 5) is 4.43. The number of hydrogen-bond donors (Lipinski definition) is 2. The molecule has 0 aliphatic carbocycles. The molecule has 0 atom stereocenters. The summed E-state index contributed by atoms with van der Waals surface area (Å²) in [5.41, 5.74) is 1.33. The molecule has 0 aromatic heterocycles. The third-order valence-corrected chi connectivity index (χ3v) is 2.87. The van der Waals surface area contributed by atoms with E-state index in [9.17, 15) is 0 Å². The van der Waals surface area contributed by atoms with E-state index in [-0.39, 0.29) is 24.0 Å². The molecule has 0 fully saturated rings. The Labute approximate surface area is 145 Å². The summed E-state index contributed by atoms with van der Waals surface area (Å²) in [6.45, 7) is 11.4. The van der Waals surface area contributed by atoms with Crippen molar-refractivity contribution in [2.45, 2.75) is 33.6 Å². The minimum atomic E-state index is 0. The molecule has 1 rings (SSSR count). The van der Waals surface area contributed by atoms with Crippen LogP contribution in [0.2, 0.25) is 0 Å². The number of ether oxygens (including phenoxy) is 1. The zero-order valence-corrected chi connectivity index (χ0v) is 15.8. The third-order valence-electron chi connectivity index (χ3n) is 2.87. The van der Waals surface area contributed by atoms with Crippen molar-refractivity contribution in [2.75, 3.05) is 26.2 Å². The average molecular weight is 405 g/mol. The predicted molar refractivity (Wildman–Crippen MR) is 101 cm³/mol. The lowest BCUT2D eigenvalue weighted by Gasteiger charge is -2.10. The second-order valence-corrected chi connectivity index (χ2v) is 4.86. The fraction of sp³-hybridized carbons (Fsp3) is 0.562. The monoisotopic (exact) mass is 405 g/mol. The highest BCUT2D eigenvalue weighted by atomic mass is 127. The first-order valence-electron chi connectivity index (χ1n) is 7.42. The van der Waals surface area contributed by atoms with Crippen molar-refractivity contribution in [1.29, 1.82) is 0 Å². The third kappa shape index (κ3) is 8.14. The smallest absolute Gasteiger partial charge is 0.191 e. The molecule has 5 heteroatoms. The van der Waals surface area contributed by atoms with Crippen LogP contribution in [0.4, 0.5) is 0 Å². The minimum absolute atomic E-state index is 0. The van der Waals surface area contributed by atoms with Crippen molar-refractivity contribution >= 4 is 29.9 Å². The summed E-state index contributed by atoms with van der Waals surface area (Å²) in [7, 11) is 0. The molecular weight excluding hydrogens is 377 g/mol. The van der Waals surface area contributed by atoms with E-state index in [2.05, 4.69) is 55.5 Å². The van der Waals surface area contributed by atoms with E-state index in [0.29, 0.717) is 19.1 Å². The Morgan fingerprint density at radius 1 is 1.10 bits per heavy atom. The molecule has 0 aliphatic rings. The molecule has 0 unspecified atom stereocenters. The summed E-state index contributed by atoms with van der Waals surface area (Å²) < 4.78 is 5.68. The lowest BCUT2D eigenvalue weighted by atomic mass is 10.0. The molecule has 21 heavy (non-hydrogen) atoms. The van der Waals surface area contributed by atoms with Crippen molar-refractivity contribution < 1.29 is 4.74 Å². The Kier molecular flexibility index (Phi) is 11.1. The van der Waals surface area contributed by atoms with Gasteiger partial charge in [-0.2, -0.15) is 0 Å². The SMILES string of the molecule is CCNC(=NCCOc1ccc(C(C)C)cc1)NCC.I. The summed E-state index contributed by atoms with van der Waals surface area (Å²) in [6, 6.07) is 8.28. The molecule has 0 saturated heterocycles. The van der Waals surface area contributed by atoms with Crippen LogP contribution in [0, 0.1) is 0 Å². The molecule has 0 aliphatic heterocycles. The van der Waals surface area contributed by atoms with Crippen LogP contribution in [-0.2, 0) is 0 Å². The molecule has 120 valence electrons. The van der Waals surface area contributed by atoms with Gasteiger partial charge >= 0.3 is 0 Å². The van der Waals surface area contributed by atoms with Crippen LogP contribution >= 0.6 is 24.0 Å². The van der Waals surface area contributed by atoms with Crippen LogP contribution in [0.25, 0.3) is 0 Å². The number of halogens is 1. The highest BCUT2D eigenvalue weighted by Crippen LogP contribution is 2.18. The normalized spacial score (nSPS) is 9.76. The molecule has 0 amide bonds. The highest BCUT2D eigenvalue weighted by Gasteiger charge is 1.99. The van der Waals surface area contributed by atoms with Gasteiger partial charge in [-0.15, -0.1) is 24.0 Å². The zero-order chi connectivity index (χ0) is 14.8. The fourth-order valence-electron chi connectivity index (χ4n) is 1.78. The van der Waals surface area contributed by atoms with Gasteiger partial charge in [-0.25, -0.2) is 4.99 Å². The summed E-state index contributed by atoms with van der Waals surface area (Å²) in [6.07, 6.45) is 0. The molecule has 0 bridgehead atoms. The number of benzene rings is 1. The largest absolute Gasteiger partial charge is 0.492 e. The molecule has 4 nitrogen and oxygen atoms in total. The summed E-state index contributed by atoms with van der Waals surface area (Å²) in [5, 5.41) is 6.37. The quantitative estimate of drug-likeness (QED) is 0.317. The Balaban J connectivity index is 0.00000400. The van der Waals surface area contributed by atoms with Crippen molar-refractivity contribution in [2.24, 2.45) is 4.99 Å². The first-order chi connectivity index (χ1) is 9.67. The molecule has 0 saturated carbocycles. The van der Waals surface area contributed by atoms with Gasteiger partial charge in [-0.1, -0.05) is 26.0 Å². The van der Waals surface area contributed by atoms with Gasteiger partial charge in [0, 0.05) is 13.1 Å². The maximum Gasteiger partial charge on any atom is 0.191 e. The topological polar surface area (TPSA) is 45.7 Å². The van der Waals surface area contributed by atoms with Gasteiger partial charge < -0.3 is 15.4 Å². The molecule has 1 aromatic carbocycles. The first kappa shape index (κ1) is 20.0. The van der Waals surface area contributed by atoms with Gasteiger partial charge in [0.25, 0.3) is 0 Å². The summed E-state index contributed by atoms with van der Waals surface area (Å²) in [5.74, 6) is 2.29. The Bertz CT molecular complexity index is 396. The second-order valence-electron chi connectivity index (χ2n) is 4.86. The lowest BCUT2D eigenvalue weighted by molar-refractivity contribution is 0.328. The molecule has 0 spiro atoms. The molecule has 2 N–H and O–H groups in total. The van der Waals surface area contributed by atoms with Crippen molar-refractivity contribution in [3.05, 3.63) is 29.8 Å². The Morgan fingerprint density at radius 3 is 2.14 bits per heavy atom. The van der Waals surface area contributed by atoms with Gasteiger partial charge in [0.2, 0.25) is 0 Å². The number of rotatable bonds is 7. The minimum Gasteiger partial charge on any atom is -0.492 e. The van der Waals surface area contributed by atoms with Crippen LogP contribution in [0.3, 0.4) is 0 Å². The molecule has 1 aromatic rings.